The summed E-state index contributed by atoms with van der Waals surface area (Å²) >= 11 is 0. The molecular weight excluding hydrogens is 301 g/mol. The summed E-state index contributed by atoms with van der Waals surface area (Å²) in [5.41, 5.74) is -1.77. The fourth-order valence-corrected chi connectivity index (χ4v) is 1.85. The monoisotopic (exact) mass is 314 g/mol. The number of nitrogens with zero attached hydrogens (tertiary/aromatic N) is 1. The van der Waals surface area contributed by atoms with Gasteiger partial charge in [-0.1, -0.05) is 6.92 Å². The highest BCUT2D eigenvalue weighted by atomic mass is 19.4. The largest absolute Gasteiger partial charge is 0.481 e. The minimum Gasteiger partial charge on any atom is -0.481 e. The van der Waals surface area contributed by atoms with Crippen LogP contribution in [0.1, 0.15) is 30.9 Å². The number of benzene rings is 1. The van der Waals surface area contributed by atoms with Crippen LogP contribution in [0.2, 0.25) is 0 Å². The first-order chi connectivity index (χ1) is 10.1. The van der Waals surface area contributed by atoms with Crippen LogP contribution >= 0.6 is 0 Å². The van der Waals surface area contributed by atoms with Gasteiger partial charge >= 0.3 is 12.1 Å². The van der Waals surface area contributed by atoms with Crippen LogP contribution in [-0.4, -0.2) is 17.0 Å². The Hall–Kier alpha value is -2.56. The SMILES string of the molecule is C[C@H](CC(=O)O)CC(=O)Nc1ccc(C#N)c(C(F)(F)F)c1. The zero-order valence-electron chi connectivity index (χ0n) is 11.6. The van der Waals surface area contributed by atoms with Crippen LogP contribution in [-0.2, 0) is 15.8 Å². The first kappa shape index (κ1) is 17.5. The van der Waals surface area contributed by atoms with Crippen LogP contribution in [0.15, 0.2) is 18.2 Å². The molecule has 22 heavy (non-hydrogen) atoms. The number of nitriles is 1. The second-order valence-corrected chi connectivity index (χ2v) is 4.83. The van der Waals surface area contributed by atoms with Crippen molar-refractivity contribution in [2.45, 2.75) is 25.9 Å². The molecular formula is C14H13F3N2O3. The molecule has 0 aromatic heterocycles. The van der Waals surface area contributed by atoms with Gasteiger partial charge in [0.05, 0.1) is 17.2 Å². The van der Waals surface area contributed by atoms with Gasteiger partial charge in [-0.15, -0.1) is 0 Å². The van der Waals surface area contributed by atoms with Crippen molar-refractivity contribution in [3.05, 3.63) is 29.3 Å². The molecule has 0 aliphatic heterocycles. The smallest absolute Gasteiger partial charge is 0.417 e. The van der Waals surface area contributed by atoms with E-state index in [1.807, 2.05) is 0 Å². The minimum absolute atomic E-state index is 0.0983. The maximum absolute atomic E-state index is 12.8. The van der Waals surface area contributed by atoms with Crippen molar-refractivity contribution in [3.63, 3.8) is 0 Å². The molecule has 5 nitrogen and oxygen atoms in total. The van der Waals surface area contributed by atoms with Crippen molar-refractivity contribution in [1.29, 1.82) is 5.26 Å². The Morgan fingerprint density at radius 2 is 2.00 bits per heavy atom. The summed E-state index contributed by atoms with van der Waals surface area (Å²) in [7, 11) is 0. The van der Waals surface area contributed by atoms with Crippen LogP contribution in [0.25, 0.3) is 0 Å². The topological polar surface area (TPSA) is 90.2 Å². The van der Waals surface area contributed by atoms with Gasteiger partial charge in [0.15, 0.2) is 0 Å². The highest BCUT2D eigenvalue weighted by Gasteiger charge is 2.34. The Labute approximate surface area is 124 Å². The van der Waals surface area contributed by atoms with Gasteiger partial charge < -0.3 is 10.4 Å². The van der Waals surface area contributed by atoms with Crippen LogP contribution in [0, 0.1) is 17.2 Å². The van der Waals surface area contributed by atoms with E-state index >= 15 is 0 Å². The average molecular weight is 314 g/mol. The molecule has 1 rings (SSSR count). The van der Waals surface area contributed by atoms with Gasteiger partial charge in [-0.05, 0) is 24.1 Å². The van der Waals surface area contributed by atoms with E-state index in [0.717, 1.165) is 6.07 Å². The normalized spacial score (nSPS) is 12.3. The second-order valence-electron chi connectivity index (χ2n) is 4.83. The lowest BCUT2D eigenvalue weighted by atomic mass is 10.0. The van der Waals surface area contributed by atoms with Crippen molar-refractivity contribution in [1.82, 2.24) is 0 Å². The van der Waals surface area contributed by atoms with Gasteiger partial charge in [-0.25, -0.2) is 0 Å². The molecule has 0 aliphatic carbocycles. The Morgan fingerprint density at radius 1 is 1.36 bits per heavy atom. The first-order valence-corrected chi connectivity index (χ1v) is 6.26. The zero-order chi connectivity index (χ0) is 16.9. The third-order valence-corrected chi connectivity index (χ3v) is 2.79. The van der Waals surface area contributed by atoms with E-state index in [0.29, 0.717) is 6.07 Å². The van der Waals surface area contributed by atoms with Crippen LogP contribution < -0.4 is 5.32 Å². The number of nitrogens with one attached hydrogen (secondary N) is 1. The number of alkyl halides is 3. The van der Waals surface area contributed by atoms with E-state index in [4.69, 9.17) is 10.4 Å². The van der Waals surface area contributed by atoms with E-state index in [2.05, 4.69) is 5.32 Å². The molecule has 0 fully saturated rings. The molecule has 1 atom stereocenters. The molecule has 8 heteroatoms. The molecule has 2 N–H and O–H groups in total. The Bertz CT molecular complexity index is 621. The molecule has 1 aromatic rings. The Morgan fingerprint density at radius 3 is 2.50 bits per heavy atom. The fourth-order valence-electron chi connectivity index (χ4n) is 1.85. The van der Waals surface area contributed by atoms with Crippen LogP contribution in [0.3, 0.4) is 0 Å². The van der Waals surface area contributed by atoms with Crippen molar-refractivity contribution in [2.75, 3.05) is 5.32 Å². The maximum Gasteiger partial charge on any atom is 0.417 e. The highest BCUT2D eigenvalue weighted by Crippen LogP contribution is 2.33. The molecule has 0 aliphatic rings. The molecule has 0 unspecified atom stereocenters. The van der Waals surface area contributed by atoms with Gasteiger partial charge in [-0.2, -0.15) is 18.4 Å². The number of hydrogen-bond donors (Lipinski definition) is 2. The predicted molar refractivity (Wildman–Crippen MR) is 70.8 cm³/mol. The first-order valence-electron chi connectivity index (χ1n) is 6.26. The van der Waals surface area contributed by atoms with Crippen LogP contribution in [0.4, 0.5) is 18.9 Å². The minimum atomic E-state index is -4.71. The summed E-state index contributed by atoms with van der Waals surface area (Å²) in [6, 6.07) is 4.28. The van der Waals surface area contributed by atoms with Gasteiger partial charge in [0.1, 0.15) is 0 Å². The maximum atomic E-state index is 12.8. The number of hydrogen-bond acceptors (Lipinski definition) is 3. The van der Waals surface area contributed by atoms with Crippen molar-refractivity contribution >= 4 is 17.6 Å². The quantitative estimate of drug-likeness (QED) is 0.874. The van der Waals surface area contributed by atoms with Gasteiger partial charge in [0.2, 0.25) is 5.91 Å². The van der Waals surface area contributed by atoms with E-state index in [1.54, 1.807) is 6.92 Å². The van der Waals surface area contributed by atoms with Crippen molar-refractivity contribution in [3.8, 4) is 6.07 Å². The van der Waals surface area contributed by atoms with Gasteiger partial charge in [0.25, 0.3) is 0 Å². The molecule has 0 spiro atoms. The lowest BCUT2D eigenvalue weighted by Crippen LogP contribution is -2.17. The number of carbonyl (C=O) groups is 2. The summed E-state index contributed by atoms with van der Waals surface area (Å²) in [6.45, 7) is 1.55. The summed E-state index contributed by atoms with van der Waals surface area (Å²) in [5, 5.41) is 19.5. The number of rotatable bonds is 5. The summed E-state index contributed by atoms with van der Waals surface area (Å²) in [6.07, 6.45) is -5.05. The molecule has 0 radical (unpaired) electrons. The van der Waals surface area contributed by atoms with Crippen LogP contribution in [0.5, 0.6) is 0 Å². The molecule has 0 bridgehead atoms. The summed E-state index contributed by atoms with van der Waals surface area (Å²) in [5.74, 6) is -2.09. The number of carboxylic acid groups (broad SMARTS) is 1. The van der Waals surface area contributed by atoms with E-state index < -0.39 is 35.1 Å². The number of anilines is 1. The molecule has 0 heterocycles. The van der Waals surface area contributed by atoms with E-state index in [9.17, 15) is 22.8 Å². The fraction of sp³-hybridized carbons (Fsp3) is 0.357. The molecule has 1 amide bonds. The van der Waals surface area contributed by atoms with Gasteiger partial charge in [-0.3, -0.25) is 9.59 Å². The third kappa shape index (κ3) is 5.09. The third-order valence-electron chi connectivity index (χ3n) is 2.79. The molecule has 0 saturated carbocycles. The zero-order valence-corrected chi connectivity index (χ0v) is 11.6. The number of halogens is 3. The van der Waals surface area contributed by atoms with E-state index in [-0.39, 0.29) is 18.5 Å². The summed E-state index contributed by atoms with van der Waals surface area (Å²) < 4.78 is 38.3. The number of carboxylic acids is 1. The lowest BCUT2D eigenvalue weighted by Gasteiger charge is -2.13. The molecule has 0 saturated heterocycles. The highest BCUT2D eigenvalue weighted by molar-refractivity contribution is 5.91. The Balaban J connectivity index is 2.85. The second kappa shape index (κ2) is 6.93. The van der Waals surface area contributed by atoms with E-state index in [1.165, 1.54) is 12.1 Å². The van der Waals surface area contributed by atoms with Crippen molar-refractivity contribution in [2.24, 2.45) is 5.92 Å². The van der Waals surface area contributed by atoms with Crippen molar-refractivity contribution < 1.29 is 27.9 Å². The number of carbonyl (C=O) groups excluding carboxylic acids is 1. The average Bonchev–Trinajstić information content (AvgIpc) is 2.36. The molecule has 1 aromatic carbocycles. The number of amides is 1. The van der Waals surface area contributed by atoms with Gasteiger partial charge in [0, 0.05) is 18.5 Å². The predicted octanol–water partition coefficient (Wildman–Crippen LogP) is 3.02. The molecule has 118 valence electrons. The Kier molecular flexibility index (Phi) is 5.51. The standard InChI is InChI=1S/C14H13F3N2O3/c1-8(5-13(21)22)4-12(20)19-10-3-2-9(7-18)11(6-10)14(15,16)17/h2-3,6,8H,4-5H2,1H3,(H,19,20)(H,21,22)/t8-/m0/s1. The lowest BCUT2D eigenvalue weighted by molar-refractivity contribution is -0.139. The summed E-state index contributed by atoms with van der Waals surface area (Å²) in [4.78, 5) is 22.2. The number of aliphatic carboxylic acids is 1.